The smallest absolute Gasteiger partial charge is 0.253 e. The van der Waals surface area contributed by atoms with E-state index < -0.39 is 0 Å². The molecule has 0 aliphatic rings. The standard InChI is InChI=1S/C17H17BrClNOS/c1-11(9-12-3-5-13(18)6-4-12)20-17(21)15-10-14(22-2)7-8-16(15)19/h3-8,10-11H,9H2,1-2H3,(H,20,21). The summed E-state index contributed by atoms with van der Waals surface area (Å²) in [5.74, 6) is -0.134. The van der Waals surface area contributed by atoms with E-state index in [2.05, 4.69) is 21.2 Å². The van der Waals surface area contributed by atoms with Crippen LogP contribution in [0.4, 0.5) is 0 Å². The Morgan fingerprint density at radius 2 is 1.95 bits per heavy atom. The fraction of sp³-hybridized carbons (Fsp3) is 0.235. The molecule has 0 aliphatic carbocycles. The summed E-state index contributed by atoms with van der Waals surface area (Å²) in [6.07, 6.45) is 2.75. The minimum absolute atomic E-state index is 0.0303. The van der Waals surface area contributed by atoms with E-state index >= 15 is 0 Å². The number of carbonyl (C=O) groups excluding carboxylic acids is 1. The van der Waals surface area contributed by atoms with Gasteiger partial charge in [-0.3, -0.25) is 4.79 Å². The Balaban J connectivity index is 2.03. The van der Waals surface area contributed by atoms with E-state index in [4.69, 9.17) is 11.6 Å². The van der Waals surface area contributed by atoms with Crippen LogP contribution in [0.2, 0.25) is 5.02 Å². The maximum atomic E-state index is 12.4. The van der Waals surface area contributed by atoms with Crippen LogP contribution in [0.25, 0.3) is 0 Å². The number of benzene rings is 2. The molecule has 1 unspecified atom stereocenters. The molecule has 5 heteroatoms. The van der Waals surface area contributed by atoms with Crippen LogP contribution in [0.15, 0.2) is 51.8 Å². The van der Waals surface area contributed by atoms with Crippen molar-refractivity contribution in [3.05, 3.63) is 63.1 Å². The lowest BCUT2D eigenvalue weighted by molar-refractivity contribution is 0.0940. The zero-order valence-corrected chi connectivity index (χ0v) is 15.6. The summed E-state index contributed by atoms with van der Waals surface area (Å²) in [6.45, 7) is 1.99. The predicted octanol–water partition coefficient (Wildman–Crippen LogP) is 5.19. The Morgan fingerprint density at radius 3 is 2.59 bits per heavy atom. The van der Waals surface area contributed by atoms with E-state index in [1.165, 1.54) is 5.56 Å². The number of hydrogen-bond donors (Lipinski definition) is 1. The number of carbonyl (C=O) groups is 1. The third kappa shape index (κ3) is 4.77. The lowest BCUT2D eigenvalue weighted by atomic mass is 10.1. The molecular weight excluding hydrogens is 382 g/mol. The van der Waals surface area contributed by atoms with Crippen molar-refractivity contribution in [3.63, 3.8) is 0 Å². The van der Waals surface area contributed by atoms with Crippen LogP contribution >= 0.6 is 39.3 Å². The molecule has 0 radical (unpaired) electrons. The predicted molar refractivity (Wildman–Crippen MR) is 98.0 cm³/mol. The zero-order valence-electron chi connectivity index (χ0n) is 12.4. The Bertz CT molecular complexity index is 660. The lowest BCUT2D eigenvalue weighted by Gasteiger charge is -2.15. The summed E-state index contributed by atoms with van der Waals surface area (Å²) < 4.78 is 1.05. The summed E-state index contributed by atoms with van der Waals surface area (Å²) in [5, 5.41) is 3.48. The van der Waals surface area contributed by atoms with Gasteiger partial charge in [-0.2, -0.15) is 0 Å². The van der Waals surface area contributed by atoms with Crippen molar-refractivity contribution in [1.29, 1.82) is 0 Å². The SMILES string of the molecule is CSc1ccc(Cl)c(C(=O)NC(C)Cc2ccc(Br)cc2)c1. The fourth-order valence-electron chi connectivity index (χ4n) is 2.13. The summed E-state index contributed by atoms with van der Waals surface area (Å²) >= 11 is 11.1. The van der Waals surface area contributed by atoms with Crippen molar-refractivity contribution in [1.82, 2.24) is 5.32 Å². The van der Waals surface area contributed by atoms with Crippen molar-refractivity contribution in [2.75, 3.05) is 6.26 Å². The molecule has 2 rings (SSSR count). The van der Waals surface area contributed by atoms with Crippen molar-refractivity contribution in [2.24, 2.45) is 0 Å². The largest absolute Gasteiger partial charge is 0.349 e. The molecule has 1 N–H and O–H groups in total. The molecule has 0 aromatic heterocycles. The quantitative estimate of drug-likeness (QED) is 0.703. The van der Waals surface area contributed by atoms with E-state index in [9.17, 15) is 4.79 Å². The van der Waals surface area contributed by atoms with Gasteiger partial charge in [0.05, 0.1) is 10.6 Å². The molecule has 116 valence electrons. The van der Waals surface area contributed by atoms with Crippen LogP contribution in [-0.4, -0.2) is 18.2 Å². The molecule has 0 saturated carbocycles. The van der Waals surface area contributed by atoms with Gasteiger partial charge in [-0.05, 0) is 55.5 Å². The zero-order chi connectivity index (χ0) is 16.1. The van der Waals surface area contributed by atoms with Gasteiger partial charge in [-0.15, -0.1) is 11.8 Å². The second-order valence-corrected chi connectivity index (χ2v) is 7.25. The van der Waals surface area contributed by atoms with Crippen molar-refractivity contribution >= 4 is 45.2 Å². The first kappa shape index (κ1) is 17.4. The highest BCUT2D eigenvalue weighted by molar-refractivity contribution is 9.10. The Kier molecular flexibility index (Phi) is 6.36. The van der Waals surface area contributed by atoms with Gasteiger partial charge < -0.3 is 5.32 Å². The topological polar surface area (TPSA) is 29.1 Å². The first-order valence-electron chi connectivity index (χ1n) is 6.88. The molecule has 0 spiro atoms. The Hall–Kier alpha value is -0.970. The van der Waals surface area contributed by atoms with Gasteiger partial charge in [-0.25, -0.2) is 0 Å². The molecule has 0 fully saturated rings. The molecule has 0 bridgehead atoms. The van der Waals surface area contributed by atoms with Gasteiger partial charge in [0, 0.05) is 15.4 Å². The van der Waals surface area contributed by atoms with Crippen LogP contribution in [0.5, 0.6) is 0 Å². The third-order valence-electron chi connectivity index (χ3n) is 3.25. The summed E-state index contributed by atoms with van der Waals surface area (Å²) in [7, 11) is 0. The summed E-state index contributed by atoms with van der Waals surface area (Å²) in [6, 6.07) is 13.6. The number of hydrogen-bond acceptors (Lipinski definition) is 2. The van der Waals surface area contributed by atoms with Crippen molar-refractivity contribution in [2.45, 2.75) is 24.3 Å². The molecule has 22 heavy (non-hydrogen) atoms. The summed E-state index contributed by atoms with van der Waals surface area (Å²) in [4.78, 5) is 13.4. The third-order valence-corrected chi connectivity index (χ3v) is 4.83. The molecule has 2 aromatic carbocycles. The van der Waals surface area contributed by atoms with Gasteiger partial charge in [0.1, 0.15) is 0 Å². The van der Waals surface area contributed by atoms with Crippen LogP contribution < -0.4 is 5.32 Å². The second kappa shape index (κ2) is 8.04. The van der Waals surface area contributed by atoms with Gasteiger partial charge in [0.25, 0.3) is 5.91 Å². The summed E-state index contributed by atoms with van der Waals surface area (Å²) in [5.41, 5.74) is 1.70. The molecule has 2 aromatic rings. The molecule has 0 heterocycles. The molecule has 0 saturated heterocycles. The molecule has 1 amide bonds. The van der Waals surface area contributed by atoms with Crippen LogP contribution in [0, 0.1) is 0 Å². The minimum atomic E-state index is -0.134. The number of halogens is 2. The van der Waals surface area contributed by atoms with Crippen molar-refractivity contribution in [3.8, 4) is 0 Å². The van der Waals surface area contributed by atoms with Gasteiger partial charge in [0.15, 0.2) is 0 Å². The average molecular weight is 399 g/mol. The lowest BCUT2D eigenvalue weighted by Crippen LogP contribution is -2.34. The number of rotatable bonds is 5. The van der Waals surface area contributed by atoms with Gasteiger partial charge in [-0.1, -0.05) is 39.7 Å². The van der Waals surface area contributed by atoms with E-state index in [-0.39, 0.29) is 11.9 Å². The monoisotopic (exact) mass is 397 g/mol. The van der Waals surface area contributed by atoms with Crippen LogP contribution in [0.3, 0.4) is 0 Å². The highest BCUT2D eigenvalue weighted by Crippen LogP contribution is 2.23. The maximum absolute atomic E-state index is 12.4. The Morgan fingerprint density at radius 1 is 1.27 bits per heavy atom. The normalized spacial score (nSPS) is 12.0. The Labute approximate surface area is 148 Å². The van der Waals surface area contributed by atoms with Crippen LogP contribution in [-0.2, 0) is 6.42 Å². The van der Waals surface area contributed by atoms with E-state index in [1.54, 1.807) is 17.8 Å². The van der Waals surface area contributed by atoms with Gasteiger partial charge in [0.2, 0.25) is 0 Å². The number of nitrogens with one attached hydrogen (secondary N) is 1. The van der Waals surface area contributed by atoms with Crippen LogP contribution in [0.1, 0.15) is 22.8 Å². The first-order chi connectivity index (χ1) is 10.5. The number of amides is 1. The van der Waals surface area contributed by atoms with Crippen molar-refractivity contribution < 1.29 is 4.79 Å². The van der Waals surface area contributed by atoms with E-state index in [1.807, 2.05) is 49.6 Å². The molecule has 1 atom stereocenters. The van der Waals surface area contributed by atoms with E-state index in [0.29, 0.717) is 10.6 Å². The van der Waals surface area contributed by atoms with E-state index in [0.717, 1.165) is 15.8 Å². The highest BCUT2D eigenvalue weighted by Gasteiger charge is 2.14. The first-order valence-corrected chi connectivity index (χ1v) is 9.28. The maximum Gasteiger partial charge on any atom is 0.253 e. The molecular formula is C17H17BrClNOS. The fourth-order valence-corrected chi connectivity index (χ4v) is 3.04. The molecule has 2 nitrogen and oxygen atoms in total. The highest BCUT2D eigenvalue weighted by atomic mass is 79.9. The molecule has 0 aliphatic heterocycles. The second-order valence-electron chi connectivity index (χ2n) is 5.05. The minimum Gasteiger partial charge on any atom is -0.349 e. The average Bonchev–Trinajstić information content (AvgIpc) is 2.50. The van der Waals surface area contributed by atoms with Gasteiger partial charge >= 0.3 is 0 Å². The number of thioether (sulfide) groups is 1.